The highest BCUT2D eigenvalue weighted by atomic mass is 79.9. The van der Waals surface area contributed by atoms with Crippen LogP contribution in [0.2, 0.25) is 0 Å². The van der Waals surface area contributed by atoms with Crippen LogP contribution in [0.1, 0.15) is 21.5 Å². The van der Waals surface area contributed by atoms with Crippen molar-refractivity contribution in [2.45, 2.75) is 6.18 Å². The summed E-state index contributed by atoms with van der Waals surface area (Å²) >= 11 is 3.25. The molecule has 0 aliphatic heterocycles. The second-order valence-corrected chi connectivity index (χ2v) is 5.21. The summed E-state index contributed by atoms with van der Waals surface area (Å²) in [7, 11) is 0. The van der Waals surface area contributed by atoms with Crippen molar-refractivity contribution in [2.75, 3.05) is 0 Å². The fraction of sp³-hybridized carbons (Fsp3) is 0.0625. The van der Waals surface area contributed by atoms with E-state index in [4.69, 9.17) is 0 Å². The summed E-state index contributed by atoms with van der Waals surface area (Å²) in [6.07, 6.45) is -2.11. The van der Waals surface area contributed by atoms with E-state index in [1.54, 1.807) is 24.3 Å². The molecule has 2 aromatic carbocycles. The monoisotopic (exact) mass is 354 g/mol. The molecule has 0 radical (unpaired) electrons. The third-order valence-electron chi connectivity index (χ3n) is 2.81. The molecule has 0 aliphatic rings. The number of benzene rings is 2. The van der Waals surface area contributed by atoms with Gasteiger partial charge in [0.2, 0.25) is 0 Å². The highest BCUT2D eigenvalue weighted by Crippen LogP contribution is 2.32. The Morgan fingerprint density at radius 3 is 2.24 bits per heavy atom. The molecule has 0 aromatic heterocycles. The predicted molar refractivity (Wildman–Crippen MR) is 79.0 cm³/mol. The average Bonchev–Trinajstić information content (AvgIpc) is 2.45. The molecule has 0 fully saturated rings. The van der Waals surface area contributed by atoms with Gasteiger partial charge in [-0.2, -0.15) is 13.2 Å². The highest BCUT2D eigenvalue weighted by Gasteiger charge is 2.32. The van der Waals surface area contributed by atoms with Crippen LogP contribution in [0.15, 0.2) is 59.1 Å². The van der Waals surface area contributed by atoms with E-state index >= 15 is 0 Å². The van der Waals surface area contributed by atoms with Crippen LogP contribution in [0, 0.1) is 0 Å². The lowest BCUT2D eigenvalue weighted by Gasteiger charge is -2.09. The van der Waals surface area contributed by atoms with E-state index in [0.29, 0.717) is 5.56 Å². The van der Waals surface area contributed by atoms with Gasteiger partial charge in [-0.15, -0.1) is 0 Å². The first kappa shape index (κ1) is 15.5. The largest absolute Gasteiger partial charge is 0.416 e. The minimum atomic E-state index is -4.44. The van der Waals surface area contributed by atoms with Crippen molar-refractivity contribution in [1.29, 1.82) is 0 Å². The molecule has 0 heterocycles. The SMILES string of the molecule is O=C(/C=C/c1ccccc1C(F)(F)F)c1ccc(Br)cc1. The zero-order chi connectivity index (χ0) is 15.5. The number of hydrogen-bond acceptors (Lipinski definition) is 1. The molecule has 0 saturated carbocycles. The third kappa shape index (κ3) is 4.04. The fourth-order valence-corrected chi connectivity index (χ4v) is 2.04. The van der Waals surface area contributed by atoms with E-state index in [1.807, 2.05) is 0 Å². The number of alkyl halides is 3. The lowest BCUT2D eigenvalue weighted by Crippen LogP contribution is -2.07. The lowest BCUT2D eigenvalue weighted by molar-refractivity contribution is -0.137. The van der Waals surface area contributed by atoms with Gasteiger partial charge in [-0.25, -0.2) is 0 Å². The second kappa shape index (κ2) is 6.26. The zero-order valence-corrected chi connectivity index (χ0v) is 12.3. The van der Waals surface area contributed by atoms with Crippen molar-refractivity contribution in [3.8, 4) is 0 Å². The van der Waals surface area contributed by atoms with E-state index in [-0.39, 0.29) is 11.3 Å². The number of halogens is 4. The first-order valence-electron chi connectivity index (χ1n) is 6.02. The quantitative estimate of drug-likeness (QED) is 0.535. The molecule has 0 N–H and O–H groups in total. The molecule has 0 amide bonds. The van der Waals surface area contributed by atoms with Crippen LogP contribution >= 0.6 is 15.9 Å². The third-order valence-corrected chi connectivity index (χ3v) is 3.34. The van der Waals surface area contributed by atoms with Gasteiger partial charge in [-0.1, -0.05) is 40.2 Å². The Bertz CT molecular complexity index is 673. The Morgan fingerprint density at radius 1 is 1.00 bits per heavy atom. The minimum Gasteiger partial charge on any atom is -0.289 e. The van der Waals surface area contributed by atoms with Crippen molar-refractivity contribution in [3.63, 3.8) is 0 Å². The molecule has 108 valence electrons. The molecule has 1 nitrogen and oxygen atoms in total. The Kier molecular flexibility index (Phi) is 4.63. The van der Waals surface area contributed by atoms with Gasteiger partial charge in [-0.3, -0.25) is 4.79 Å². The van der Waals surface area contributed by atoms with E-state index in [1.165, 1.54) is 24.3 Å². The summed E-state index contributed by atoms with van der Waals surface area (Å²) in [5, 5.41) is 0. The summed E-state index contributed by atoms with van der Waals surface area (Å²) in [6, 6.07) is 11.7. The Labute approximate surface area is 128 Å². The van der Waals surface area contributed by atoms with Crippen LogP contribution in [-0.4, -0.2) is 5.78 Å². The molecule has 0 aliphatic carbocycles. The van der Waals surface area contributed by atoms with Crippen LogP contribution < -0.4 is 0 Å². The maximum absolute atomic E-state index is 12.8. The first-order valence-corrected chi connectivity index (χ1v) is 6.81. The summed E-state index contributed by atoms with van der Waals surface area (Å²) in [6.45, 7) is 0. The molecule has 0 spiro atoms. The predicted octanol–water partition coefficient (Wildman–Crippen LogP) is 5.36. The molecule has 0 bridgehead atoms. The lowest BCUT2D eigenvalue weighted by atomic mass is 10.0. The van der Waals surface area contributed by atoms with E-state index in [0.717, 1.165) is 16.6 Å². The Balaban J connectivity index is 2.26. The van der Waals surface area contributed by atoms with E-state index in [2.05, 4.69) is 15.9 Å². The van der Waals surface area contributed by atoms with E-state index in [9.17, 15) is 18.0 Å². The number of hydrogen-bond donors (Lipinski definition) is 0. The number of carbonyl (C=O) groups excluding carboxylic acids is 1. The van der Waals surface area contributed by atoms with Crippen molar-refractivity contribution < 1.29 is 18.0 Å². The molecular weight excluding hydrogens is 345 g/mol. The van der Waals surface area contributed by atoms with Gasteiger partial charge in [0, 0.05) is 10.0 Å². The number of ketones is 1. The van der Waals surface area contributed by atoms with Gasteiger partial charge in [0.25, 0.3) is 0 Å². The average molecular weight is 355 g/mol. The number of carbonyl (C=O) groups is 1. The Morgan fingerprint density at radius 2 is 1.62 bits per heavy atom. The van der Waals surface area contributed by atoms with Gasteiger partial charge in [0.15, 0.2) is 5.78 Å². The highest BCUT2D eigenvalue weighted by molar-refractivity contribution is 9.10. The van der Waals surface area contributed by atoms with Crippen LogP contribution in [-0.2, 0) is 6.18 Å². The van der Waals surface area contributed by atoms with Gasteiger partial charge in [0.1, 0.15) is 0 Å². The Hall–Kier alpha value is -1.88. The van der Waals surface area contributed by atoms with Crippen molar-refractivity contribution >= 4 is 27.8 Å². The maximum Gasteiger partial charge on any atom is 0.416 e. The van der Waals surface area contributed by atoms with Gasteiger partial charge >= 0.3 is 6.18 Å². The summed E-state index contributed by atoms with van der Waals surface area (Å²) < 4.78 is 39.3. The fourth-order valence-electron chi connectivity index (χ4n) is 1.78. The summed E-state index contributed by atoms with van der Waals surface area (Å²) in [5.74, 6) is -0.348. The second-order valence-electron chi connectivity index (χ2n) is 4.29. The van der Waals surface area contributed by atoms with Gasteiger partial charge in [0.05, 0.1) is 5.56 Å². The van der Waals surface area contributed by atoms with Crippen molar-refractivity contribution in [3.05, 3.63) is 75.8 Å². The normalized spacial score (nSPS) is 11.8. The molecule has 2 rings (SSSR count). The molecular formula is C16H10BrF3O. The van der Waals surface area contributed by atoms with Gasteiger partial charge in [-0.05, 0) is 42.0 Å². The van der Waals surface area contributed by atoms with Gasteiger partial charge < -0.3 is 0 Å². The van der Waals surface area contributed by atoms with E-state index < -0.39 is 11.7 Å². The summed E-state index contributed by atoms with van der Waals surface area (Å²) in [5.41, 5.74) is -0.376. The first-order chi connectivity index (χ1) is 9.88. The molecule has 0 unspecified atom stereocenters. The molecule has 2 aromatic rings. The maximum atomic E-state index is 12.8. The molecule has 0 saturated heterocycles. The molecule has 0 atom stereocenters. The van der Waals surface area contributed by atoms with Crippen LogP contribution in [0.5, 0.6) is 0 Å². The standard InChI is InChI=1S/C16H10BrF3O/c17-13-8-5-12(6-9-13)15(21)10-7-11-3-1-2-4-14(11)16(18,19)20/h1-10H/b10-7+. The van der Waals surface area contributed by atoms with Crippen LogP contribution in [0.4, 0.5) is 13.2 Å². The number of allylic oxidation sites excluding steroid dienone is 1. The van der Waals surface area contributed by atoms with Crippen molar-refractivity contribution in [1.82, 2.24) is 0 Å². The van der Waals surface area contributed by atoms with Crippen LogP contribution in [0.25, 0.3) is 6.08 Å². The zero-order valence-electron chi connectivity index (χ0n) is 10.7. The topological polar surface area (TPSA) is 17.1 Å². The molecule has 21 heavy (non-hydrogen) atoms. The number of rotatable bonds is 3. The van der Waals surface area contributed by atoms with Crippen LogP contribution in [0.3, 0.4) is 0 Å². The smallest absolute Gasteiger partial charge is 0.289 e. The summed E-state index contributed by atoms with van der Waals surface area (Å²) in [4.78, 5) is 11.9. The van der Waals surface area contributed by atoms with Crippen molar-refractivity contribution in [2.24, 2.45) is 0 Å². The molecule has 5 heteroatoms. The minimum absolute atomic E-state index is 0.0320.